The van der Waals surface area contributed by atoms with Gasteiger partial charge < -0.3 is 14.4 Å². The summed E-state index contributed by atoms with van der Waals surface area (Å²) >= 11 is 0. The third kappa shape index (κ3) is 3.01. The molecule has 5 rings (SSSR count). The van der Waals surface area contributed by atoms with Gasteiger partial charge in [0.1, 0.15) is 6.10 Å². The van der Waals surface area contributed by atoms with Gasteiger partial charge in [0.2, 0.25) is 0 Å². The number of hydrogen-bond donors (Lipinski definition) is 0. The lowest BCUT2D eigenvalue weighted by atomic mass is 9.53. The molecule has 1 aromatic carbocycles. The highest BCUT2D eigenvalue weighted by Crippen LogP contribution is 2.62. The molecule has 1 aromatic rings. The molecule has 2 saturated heterocycles. The Kier molecular flexibility index (Phi) is 4.14. The van der Waals surface area contributed by atoms with E-state index in [1.54, 1.807) is 0 Å². The first-order valence-corrected chi connectivity index (χ1v) is 10.6. The summed E-state index contributed by atoms with van der Waals surface area (Å²) in [6, 6.07) is 10.5. The number of carbonyl (C=O) groups excluding carboxylic acids is 1. The predicted octanol–water partition coefficient (Wildman–Crippen LogP) is 3.65. The SMILES string of the molecule is CN(Cc1ccccc1)C[C@@H]1C(=O)O[C@@H]2C[C@@]3(C)CCC[C@@]4(CO4)[C@@H]3C[C@@H]12. The molecule has 0 unspecified atom stereocenters. The minimum absolute atomic E-state index is 0.00555. The molecule has 2 heterocycles. The predicted molar refractivity (Wildman–Crippen MR) is 103 cm³/mol. The molecule has 0 amide bonds. The van der Waals surface area contributed by atoms with Crippen molar-refractivity contribution in [2.45, 2.75) is 57.3 Å². The molecule has 4 fully saturated rings. The van der Waals surface area contributed by atoms with Crippen LogP contribution >= 0.6 is 0 Å². The van der Waals surface area contributed by atoms with Crippen molar-refractivity contribution in [3.63, 3.8) is 0 Å². The first-order chi connectivity index (χ1) is 13.0. The minimum Gasteiger partial charge on any atom is -0.462 e. The molecule has 0 aromatic heterocycles. The van der Waals surface area contributed by atoms with E-state index in [2.05, 4.69) is 43.1 Å². The molecule has 1 spiro atoms. The lowest BCUT2D eigenvalue weighted by Gasteiger charge is -2.51. The number of benzene rings is 1. The molecule has 6 atom stereocenters. The Hall–Kier alpha value is -1.39. The van der Waals surface area contributed by atoms with E-state index in [0.717, 1.165) is 32.5 Å². The Bertz CT molecular complexity index is 716. The first-order valence-electron chi connectivity index (χ1n) is 10.6. The third-order valence-electron chi connectivity index (χ3n) is 7.88. The van der Waals surface area contributed by atoms with Crippen LogP contribution in [0.15, 0.2) is 30.3 Å². The Balaban J connectivity index is 1.31. The Morgan fingerprint density at radius 2 is 2.00 bits per heavy atom. The largest absolute Gasteiger partial charge is 0.462 e. The van der Waals surface area contributed by atoms with E-state index in [-0.39, 0.29) is 29.0 Å². The van der Waals surface area contributed by atoms with Gasteiger partial charge >= 0.3 is 5.97 Å². The summed E-state index contributed by atoms with van der Waals surface area (Å²) in [5.74, 6) is 0.980. The smallest absolute Gasteiger partial charge is 0.310 e. The van der Waals surface area contributed by atoms with E-state index in [1.807, 2.05) is 6.07 Å². The van der Waals surface area contributed by atoms with Crippen LogP contribution in [0.25, 0.3) is 0 Å². The maximum absolute atomic E-state index is 12.7. The number of hydrogen-bond acceptors (Lipinski definition) is 4. The van der Waals surface area contributed by atoms with Crippen LogP contribution < -0.4 is 0 Å². The summed E-state index contributed by atoms with van der Waals surface area (Å²) in [5.41, 5.74) is 1.70. The van der Waals surface area contributed by atoms with Gasteiger partial charge in [-0.05, 0) is 56.0 Å². The second-order valence-corrected chi connectivity index (χ2v) is 9.78. The zero-order valence-electron chi connectivity index (χ0n) is 16.5. The van der Waals surface area contributed by atoms with Crippen molar-refractivity contribution in [3.05, 3.63) is 35.9 Å². The van der Waals surface area contributed by atoms with E-state index in [9.17, 15) is 4.79 Å². The van der Waals surface area contributed by atoms with E-state index in [0.29, 0.717) is 11.8 Å². The fourth-order valence-electron chi connectivity index (χ4n) is 6.46. The molecule has 146 valence electrons. The highest BCUT2D eigenvalue weighted by molar-refractivity contribution is 5.75. The number of epoxide rings is 1. The normalized spacial score (nSPS) is 42.7. The van der Waals surface area contributed by atoms with Crippen molar-refractivity contribution in [1.29, 1.82) is 0 Å². The molecule has 4 heteroatoms. The van der Waals surface area contributed by atoms with Crippen LogP contribution in [0.5, 0.6) is 0 Å². The van der Waals surface area contributed by atoms with Gasteiger partial charge in [-0.2, -0.15) is 0 Å². The van der Waals surface area contributed by atoms with Gasteiger partial charge in [0.05, 0.1) is 18.1 Å². The van der Waals surface area contributed by atoms with Crippen LogP contribution in [-0.4, -0.2) is 42.8 Å². The van der Waals surface area contributed by atoms with Crippen LogP contribution in [0, 0.1) is 23.2 Å². The van der Waals surface area contributed by atoms with E-state index >= 15 is 0 Å². The Morgan fingerprint density at radius 1 is 1.22 bits per heavy atom. The zero-order valence-corrected chi connectivity index (χ0v) is 16.5. The Labute approximate surface area is 162 Å². The summed E-state index contributed by atoms with van der Waals surface area (Å²) < 4.78 is 11.9. The molecular weight excluding hydrogens is 338 g/mol. The van der Waals surface area contributed by atoms with Crippen molar-refractivity contribution < 1.29 is 14.3 Å². The topological polar surface area (TPSA) is 42.1 Å². The van der Waals surface area contributed by atoms with Gasteiger partial charge in [0.25, 0.3) is 0 Å². The second-order valence-electron chi connectivity index (χ2n) is 9.78. The van der Waals surface area contributed by atoms with Crippen LogP contribution in [-0.2, 0) is 20.8 Å². The van der Waals surface area contributed by atoms with E-state index in [1.165, 1.54) is 24.8 Å². The molecule has 0 bridgehead atoms. The monoisotopic (exact) mass is 369 g/mol. The first kappa shape index (κ1) is 17.7. The van der Waals surface area contributed by atoms with Gasteiger partial charge in [0, 0.05) is 19.0 Å². The lowest BCUT2D eigenvalue weighted by molar-refractivity contribution is -0.147. The standard InChI is InChI=1S/C23H31NO3/c1-22-9-6-10-23(15-26-23)20(22)11-17-18(21(25)27-19(17)12-22)14-24(2)13-16-7-4-3-5-8-16/h3-5,7-8,17-20H,6,9-15H2,1-2H3/t17-,18-,19+,20+,22+,23+/m0/s1. The summed E-state index contributed by atoms with van der Waals surface area (Å²) in [7, 11) is 2.12. The molecule has 2 saturated carbocycles. The van der Waals surface area contributed by atoms with Gasteiger partial charge in [-0.3, -0.25) is 4.79 Å². The summed E-state index contributed by atoms with van der Waals surface area (Å²) in [6.07, 6.45) is 5.94. The quantitative estimate of drug-likeness (QED) is 0.600. The van der Waals surface area contributed by atoms with E-state index in [4.69, 9.17) is 9.47 Å². The molecule has 4 aliphatic rings. The van der Waals surface area contributed by atoms with Crippen molar-refractivity contribution in [3.8, 4) is 0 Å². The summed E-state index contributed by atoms with van der Waals surface area (Å²) in [6.45, 7) is 5.00. The van der Waals surface area contributed by atoms with Crippen LogP contribution in [0.2, 0.25) is 0 Å². The Morgan fingerprint density at radius 3 is 2.74 bits per heavy atom. The molecule has 0 N–H and O–H groups in total. The lowest BCUT2D eigenvalue weighted by Crippen LogP contribution is -2.51. The molecule has 4 nitrogen and oxygen atoms in total. The molecule has 0 radical (unpaired) electrons. The number of rotatable bonds is 4. The minimum atomic E-state index is 0.00555. The fraction of sp³-hybridized carbons (Fsp3) is 0.696. The number of esters is 1. The van der Waals surface area contributed by atoms with Crippen molar-refractivity contribution in [2.75, 3.05) is 20.2 Å². The van der Waals surface area contributed by atoms with Gasteiger partial charge in [0.15, 0.2) is 0 Å². The molecular formula is C23H31NO3. The zero-order chi connectivity index (χ0) is 18.6. The number of fused-ring (bicyclic) bond motifs is 3. The third-order valence-corrected chi connectivity index (χ3v) is 7.88. The second kappa shape index (κ2) is 6.31. The van der Waals surface area contributed by atoms with Crippen LogP contribution in [0.1, 0.15) is 44.6 Å². The van der Waals surface area contributed by atoms with Crippen LogP contribution in [0.3, 0.4) is 0 Å². The maximum Gasteiger partial charge on any atom is 0.310 e. The average Bonchev–Trinajstić information content (AvgIpc) is 3.34. The van der Waals surface area contributed by atoms with Crippen molar-refractivity contribution >= 4 is 5.97 Å². The fourth-order valence-corrected chi connectivity index (χ4v) is 6.46. The highest BCUT2D eigenvalue weighted by atomic mass is 16.6. The van der Waals surface area contributed by atoms with Gasteiger partial charge in [-0.1, -0.05) is 37.3 Å². The number of ether oxygens (including phenoxy) is 2. The van der Waals surface area contributed by atoms with E-state index < -0.39 is 0 Å². The average molecular weight is 370 g/mol. The molecule has 27 heavy (non-hydrogen) atoms. The number of nitrogens with zero attached hydrogens (tertiary/aromatic N) is 1. The highest BCUT2D eigenvalue weighted by Gasteiger charge is 2.65. The summed E-state index contributed by atoms with van der Waals surface area (Å²) in [4.78, 5) is 15.0. The molecule has 2 aliphatic carbocycles. The summed E-state index contributed by atoms with van der Waals surface area (Å²) in [5, 5.41) is 0. The maximum atomic E-state index is 12.7. The van der Waals surface area contributed by atoms with Gasteiger partial charge in [-0.25, -0.2) is 0 Å². The van der Waals surface area contributed by atoms with Crippen molar-refractivity contribution in [2.24, 2.45) is 23.2 Å². The van der Waals surface area contributed by atoms with Crippen LogP contribution in [0.4, 0.5) is 0 Å². The van der Waals surface area contributed by atoms with Crippen molar-refractivity contribution in [1.82, 2.24) is 4.90 Å². The van der Waals surface area contributed by atoms with Gasteiger partial charge in [-0.15, -0.1) is 0 Å². The number of carbonyl (C=O) groups is 1. The molecule has 2 aliphatic heterocycles.